The third-order valence-electron chi connectivity index (χ3n) is 8.19. The second-order valence-corrected chi connectivity index (χ2v) is 12.5. The van der Waals surface area contributed by atoms with Crippen LogP contribution in [0.1, 0.15) is 76.8 Å². The predicted molar refractivity (Wildman–Crippen MR) is 188 cm³/mol. The zero-order valence-corrected chi connectivity index (χ0v) is 29.1. The molecule has 1 aromatic heterocycles. The number of carbonyl (C=O) groups excluding carboxylic acids is 3. The number of aliphatic hydroxyl groups excluding tert-OH is 1. The van der Waals surface area contributed by atoms with Crippen molar-refractivity contribution in [3.8, 4) is 17.2 Å². The molecule has 0 saturated carbocycles. The average Bonchev–Trinajstić information content (AvgIpc) is 3.62. The highest BCUT2D eigenvalue weighted by Crippen LogP contribution is 2.45. The van der Waals surface area contributed by atoms with E-state index in [1.54, 1.807) is 56.3 Å². The number of esters is 1. The zero-order chi connectivity index (χ0) is 35.1. The molecular weight excluding hydrogens is 644 g/mol. The summed E-state index contributed by atoms with van der Waals surface area (Å²) in [4.78, 5) is 46.2. The van der Waals surface area contributed by atoms with Crippen LogP contribution < -0.4 is 19.1 Å². The summed E-state index contributed by atoms with van der Waals surface area (Å²) in [5.41, 5.74) is 3.17. The number of methoxy groups -OCH3 is 1. The lowest BCUT2D eigenvalue weighted by atomic mass is 9.95. The third-order valence-corrected chi connectivity index (χ3v) is 9.33. The molecule has 2 heterocycles. The van der Waals surface area contributed by atoms with Crippen molar-refractivity contribution in [1.29, 1.82) is 0 Å². The fourth-order valence-corrected chi connectivity index (χ4v) is 6.51. The van der Waals surface area contributed by atoms with E-state index >= 15 is 0 Å². The first-order chi connectivity index (χ1) is 23.7. The highest BCUT2D eigenvalue weighted by atomic mass is 32.1. The van der Waals surface area contributed by atoms with Gasteiger partial charge in [0.25, 0.3) is 5.78 Å². The Morgan fingerprint density at radius 3 is 2.41 bits per heavy atom. The van der Waals surface area contributed by atoms with Gasteiger partial charge >= 0.3 is 11.9 Å². The van der Waals surface area contributed by atoms with Crippen LogP contribution >= 0.6 is 11.3 Å². The summed E-state index contributed by atoms with van der Waals surface area (Å²) in [7, 11) is 1.51. The maximum atomic E-state index is 13.8. The van der Waals surface area contributed by atoms with E-state index < -0.39 is 23.7 Å². The first kappa shape index (κ1) is 35.2. The lowest BCUT2D eigenvalue weighted by molar-refractivity contribution is -0.132. The Morgan fingerprint density at radius 2 is 1.71 bits per heavy atom. The van der Waals surface area contributed by atoms with Gasteiger partial charge in [0.2, 0.25) is 0 Å². The zero-order valence-electron chi connectivity index (χ0n) is 28.3. The fraction of sp³-hybridized carbons (Fsp3) is 0.316. The van der Waals surface area contributed by atoms with Gasteiger partial charge in [-0.15, -0.1) is 0 Å². The molecule has 1 atom stereocenters. The number of thiazole rings is 1. The summed E-state index contributed by atoms with van der Waals surface area (Å²) in [6.07, 6.45) is 2.95. The number of Topliss-reactive ketones (excluding diaryl/α,β-unsaturated/α-hetero) is 1. The van der Waals surface area contributed by atoms with Gasteiger partial charge < -0.3 is 24.1 Å². The molecule has 0 aliphatic carbocycles. The molecule has 0 radical (unpaired) electrons. The molecule has 256 valence electrons. The molecule has 10 nitrogen and oxygen atoms in total. The van der Waals surface area contributed by atoms with Crippen LogP contribution in [0.15, 0.2) is 72.3 Å². The molecule has 1 fully saturated rings. The fourth-order valence-electron chi connectivity index (χ4n) is 5.52. The van der Waals surface area contributed by atoms with Gasteiger partial charge in [0.05, 0.1) is 37.6 Å². The van der Waals surface area contributed by atoms with E-state index in [-0.39, 0.29) is 27.9 Å². The van der Waals surface area contributed by atoms with Gasteiger partial charge in [-0.25, -0.2) is 9.78 Å². The number of aliphatic hydroxyl groups is 1. The molecule has 0 bridgehead atoms. The number of anilines is 1. The van der Waals surface area contributed by atoms with Crippen molar-refractivity contribution in [1.82, 2.24) is 4.98 Å². The van der Waals surface area contributed by atoms with Gasteiger partial charge in [0.1, 0.15) is 23.0 Å². The van der Waals surface area contributed by atoms with Crippen LogP contribution in [-0.2, 0) is 20.9 Å². The summed E-state index contributed by atoms with van der Waals surface area (Å²) >= 11 is 0.944. The molecule has 3 aromatic carbocycles. The molecule has 4 aromatic rings. The second kappa shape index (κ2) is 15.8. The lowest BCUT2D eigenvalue weighted by Crippen LogP contribution is -2.29. The first-order valence-corrected chi connectivity index (χ1v) is 17.0. The Labute approximate surface area is 289 Å². The maximum Gasteiger partial charge on any atom is 0.350 e. The molecule has 1 N–H and O–H groups in total. The third kappa shape index (κ3) is 7.62. The monoisotopic (exact) mass is 684 g/mol. The van der Waals surface area contributed by atoms with E-state index in [4.69, 9.17) is 18.9 Å². The van der Waals surface area contributed by atoms with Crippen LogP contribution in [0.5, 0.6) is 17.2 Å². The molecule has 5 rings (SSSR count). The Hall–Kier alpha value is -5.16. The van der Waals surface area contributed by atoms with Gasteiger partial charge in [-0.1, -0.05) is 61.4 Å². The molecule has 1 aliphatic rings. The highest BCUT2D eigenvalue weighted by Gasteiger charge is 2.48. The summed E-state index contributed by atoms with van der Waals surface area (Å²) in [6, 6.07) is 18.6. The average molecular weight is 685 g/mol. The normalized spacial score (nSPS) is 15.4. The molecule has 49 heavy (non-hydrogen) atoms. The standard InChI is InChI=1S/C38H40N2O8S/c1-6-8-11-20-47-29-19-16-26(21-30(29)45-5)32-31(34(42)36(43)40(32)38-39-24(4)35(49-38)37(44)46-7-2)33(41)25-14-17-28(18-15-25)48-22-27-13-10-9-12-23(27)3/h9-10,12-19,21,32,41H,6-8,11,20,22H2,1-5H3. The van der Waals surface area contributed by atoms with Crippen LogP contribution in [-0.4, -0.2) is 48.1 Å². The molecule has 11 heteroatoms. The molecule has 0 spiro atoms. The van der Waals surface area contributed by atoms with E-state index in [0.29, 0.717) is 47.3 Å². The molecule has 1 aliphatic heterocycles. The molecule has 1 unspecified atom stereocenters. The van der Waals surface area contributed by atoms with Gasteiger partial charge in [0, 0.05) is 5.56 Å². The number of hydrogen-bond donors (Lipinski definition) is 1. The van der Waals surface area contributed by atoms with Crippen molar-refractivity contribution in [2.75, 3.05) is 25.2 Å². The first-order valence-electron chi connectivity index (χ1n) is 16.2. The topological polar surface area (TPSA) is 124 Å². The number of aromatic nitrogens is 1. The van der Waals surface area contributed by atoms with Gasteiger partial charge in [-0.05, 0) is 80.3 Å². The quantitative estimate of drug-likeness (QED) is 0.0467. The van der Waals surface area contributed by atoms with Crippen LogP contribution in [0.3, 0.4) is 0 Å². The second-order valence-electron chi connectivity index (χ2n) is 11.5. The summed E-state index contributed by atoms with van der Waals surface area (Å²) in [6.45, 7) is 8.49. The van der Waals surface area contributed by atoms with Crippen LogP contribution in [0.4, 0.5) is 5.13 Å². The largest absolute Gasteiger partial charge is 0.507 e. The Morgan fingerprint density at radius 1 is 0.959 bits per heavy atom. The Kier molecular flexibility index (Phi) is 11.4. The van der Waals surface area contributed by atoms with Gasteiger partial charge in [-0.2, -0.15) is 0 Å². The van der Waals surface area contributed by atoms with Gasteiger partial charge in [-0.3, -0.25) is 14.5 Å². The minimum Gasteiger partial charge on any atom is -0.507 e. The lowest BCUT2D eigenvalue weighted by Gasteiger charge is -2.24. The number of rotatable bonds is 14. The molecule has 1 amide bonds. The van der Waals surface area contributed by atoms with E-state index in [9.17, 15) is 19.5 Å². The van der Waals surface area contributed by atoms with Crippen LogP contribution in [0, 0.1) is 13.8 Å². The number of ketones is 1. The van der Waals surface area contributed by atoms with Gasteiger partial charge in [0.15, 0.2) is 16.6 Å². The predicted octanol–water partition coefficient (Wildman–Crippen LogP) is 7.72. The van der Waals surface area contributed by atoms with Crippen LogP contribution in [0.2, 0.25) is 0 Å². The number of aryl methyl sites for hydroxylation is 2. The maximum absolute atomic E-state index is 13.8. The van der Waals surface area contributed by atoms with E-state index in [2.05, 4.69) is 11.9 Å². The smallest absolute Gasteiger partial charge is 0.350 e. The number of unbranched alkanes of at least 4 members (excludes halogenated alkanes) is 2. The number of benzene rings is 3. The highest BCUT2D eigenvalue weighted by molar-refractivity contribution is 7.17. The number of hydrogen-bond acceptors (Lipinski definition) is 10. The summed E-state index contributed by atoms with van der Waals surface area (Å²) in [5, 5.41) is 11.8. The Balaban J connectivity index is 1.55. The van der Waals surface area contributed by atoms with E-state index in [0.717, 1.165) is 41.7 Å². The van der Waals surface area contributed by atoms with Crippen LogP contribution in [0.25, 0.3) is 5.76 Å². The number of carbonyl (C=O) groups is 3. The number of nitrogens with zero attached hydrogens (tertiary/aromatic N) is 2. The van der Waals surface area contributed by atoms with Crippen molar-refractivity contribution in [3.63, 3.8) is 0 Å². The SMILES string of the molecule is CCCCCOc1ccc(C2C(=C(O)c3ccc(OCc4ccccc4C)cc3)C(=O)C(=O)N2c2nc(C)c(C(=O)OCC)s2)cc1OC. The Bertz CT molecular complexity index is 1860. The molecular formula is C38H40N2O8S. The van der Waals surface area contributed by atoms with E-state index in [1.165, 1.54) is 12.0 Å². The van der Waals surface area contributed by atoms with Crippen molar-refractivity contribution >= 4 is 39.9 Å². The van der Waals surface area contributed by atoms with Crippen molar-refractivity contribution in [2.24, 2.45) is 0 Å². The van der Waals surface area contributed by atoms with Crippen molar-refractivity contribution in [3.05, 3.63) is 105 Å². The minimum atomic E-state index is -1.10. The number of ether oxygens (including phenoxy) is 4. The van der Waals surface area contributed by atoms with Crippen molar-refractivity contribution < 1.29 is 38.4 Å². The minimum absolute atomic E-state index is 0.116. The number of amides is 1. The summed E-state index contributed by atoms with van der Waals surface area (Å²) in [5.74, 6) is -1.25. The van der Waals surface area contributed by atoms with E-state index in [1.807, 2.05) is 31.2 Å². The summed E-state index contributed by atoms with van der Waals surface area (Å²) < 4.78 is 22.8. The van der Waals surface area contributed by atoms with Crippen molar-refractivity contribution in [2.45, 2.75) is 59.6 Å². The molecule has 1 saturated heterocycles.